The average Bonchev–Trinajstić information content (AvgIpc) is 2.84. The van der Waals surface area contributed by atoms with Gasteiger partial charge >= 0.3 is 0 Å². The van der Waals surface area contributed by atoms with Gasteiger partial charge in [0.15, 0.2) is 0 Å². The monoisotopic (exact) mass is 473 g/mol. The number of carbonyl (C=O) groups is 1. The van der Waals surface area contributed by atoms with Crippen molar-refractivity contribution in [1.29, 1.82) is 0 Å². The Morgan fingerprint density at radius 3 is 2.26 bits per heavy atom. The Morgan fingerprint density at radius 1 is 0.857 bits per heavy atom. The quantitative estimate of drug-likeness (QED) is 0.445. The zero-order valence-corrected chi connectivity index (χ0v) is 19.4. The van der Waals surface area contributed by atoms with Gasteiger partial charge in [-0.25, -0.2) is 13.8 Å². The Hall–Kier alpha value is -4.40. The van der Waals surface area contributed by atoms with E-state index in [1.54, 1.807) is 24.3 Å². The molecule has 2 aromatic heterocycles. The van der Waals surface area contributed by atoms with Crippen molar-refractivity contribution in [3.05, 3.63) is 104 Å². The van der Waals surface area contributed by atoms with Crippen LogP contribution in [0.4, 0.5) is 4.39 Å². The number of aryl methyl sites for hydroxylation is 2. The van der Waals surface area contributed by atoms with Crippen molar-refractivity contribution in [3.63, 3.8) is 0 Å². The highest BCUT2D eigenvalue weighted by atomic mass is 19.1. The van der Waals surface area contributed by atoms with E-state index >= 15 is 0 Å². The maximum Gasteiger partial charge on any atom is 0.267 e. The number of hydrogen-bond acceptors (Lipinski definition) is 5. The molecule has 0 unspecified atom stereocenters. The molecular weight excluding hydrogens is 449 g/mol. The summed E-state index contributed by atoms with van der Waals surface area (Å²) in [5, 5.41) is 11.3. The van der Waals surface area contributed by atoms with E-state index in [0.29, 0.717) is 17.0 Å². The van der Waals surface area contributed by atoms with Crippen LogP contribution < -0.4 is 16.4 Å². The summed E-state index contributed by atoms with van der Waals surface area (Å²) in [6.45, 7) is 3.94. The van der Waals surface area contributed by atoms with Crippen LogP contribution >= 0.6 is 0 Å². The van der Waals surface area contributed by atoms with Crippen LogP contribution in [-0.2, 0) is 17.9 Å². The van der Waals surface area contributed by atoms with Gasteiger partial charge in [0.05, 0.1) is 17.9 Å². The maximum absolute atomic E-state index is 13.2. The molecule has 0 saturated heterocycles. The normalized spacial score (nSPS) is 10.8. The summed E-state index contributed by atoms with van der Waals surface area (Å²) in [5.74, 6) is -0.779. The first-order valence-electron chi connectivity index (χ1n) is 11.1. The van der Waals surface area contributed by atoms with E-state index in [9.17, 15) is 18.8 Å². The third-order valence-corrected chi connectivity index (χ3v) is 5.48. The van der Waals surface area contributed by atoms with Crippen LogP contribution in [0.3, 0.4) is 0 Å². The highest BCUT2D eigenvalue weighted by molar-refractivity contribution is 5.75. The first-order valence-corrected chi connectivity index (χ1v) is 11.1. The molecule has 2 heterocycles. The van der Waals surface area contributed by atoms with E-state index < -0.39 is 5.91 Å². The maximum atomic E-state index is 13.2. The van der Waals surface area contributed by atoms with Crippen molar-refractivity contribution in [3.8, 4) is 22.5 Å². The van der Waals surface area contributed by atoms with Crippen LogP contribution in [-0.4, -0.2) is 32.0 Å². The van der Waals surface area contributed by atoms with Gasteiger partial charge in [-0.2, -0.15) is 10.2 Å². The molecule has 4 rings (SSSR count). The minimum Gasteiger partial charge on any atom is -0.353 e. The number of amides is 1. The van der Waals surface area contributed by atoms with Crippen LogP contribution in [0, 0.1) is 19.7 Å². The summed E-state index contributed by atoms with van der Waals surface area (Å²) >= 11 is 0. The fourth-order valence-corrected chi connectivity index (χ4v) is 3.59. The number of halogens is 1. The molecule has 1 N–H and O–H groups in total. The summed E-state index contributed by atoms with van der Waals surface area (Å²) in [6, 6.07) is 17.7. The van der Waals surface area contributed by atoms with Crippen molar-refractivity contribution in [2.45, 2.75) is 26.9 Å². The summed E-state index contributed by atoms with van der Waals surface area (Å²) in [6.07, 6.45) is 0. The summed E-state index contributed by atoms with van der Waals surface area (Å²) in [5.41, 5.74) is 4.03. The molecule has 0 bridgehead atoms. The highest BCUT2D eigenvalue weighted by Crippen LogP contribution is 2.21. The van der Waals surface area contributed by atoms with E-state index in [1.165, 1.54) is 28.9 Å². The summed E-state index contributed by atoms with van der Waals surface area (Å²) in [7, 11) is 0. The zero-order valence-electron chi connectivity index (χ0n) is 19.4. The molecular formula is C26H24FN5O3. The average molecular weight is 474 g/mol. The van der Waals surface area contributed by atoms with Crippen molar-refractivity contribution in [1.82, 2.24) is 24.9 Å². The van der Waals surface area contributed by atoms with Crippen LogP contribution in [0.2, 0.25) is 0 Å². The molecule has 0 saturated carbocycles. The first kappa shape index (κ1) is 23.7. The molecule has 0 spiro atoms. The molecule has 0 aliphatic heterocycles. The van der Waals surface area contributed by atoms with E-state index in [2.05, 4.69) is 15.5 Å². The molecule has 0 aliphatic rings. The molecule has 0 fully saturated rings. The van der Waals surface area contributed by atoms with Gasteiger partial charge in [0.1, 0.15) is 12.4 Å². The second-order valence-corrected chi connectivity index (χ2v) is 8.17. The summed E-state index contributed by atoms with van der Waals surface area (Å²) in [4.78, 5) is 36.9. The molecule has 35 heavy (non-hydrogen) atoms. The molecule has 8 nitrogen and oxygen atoms in total. The number of rotatable bonds is 7. The van der Waals surface area contributed by atoms with Crippen molar-refractivity contribution < 1.29 is 9.18 Å². The zero-order chi connectivity index (χ0) is 24.9. The Bertz CT molecular complexity index is 1490. The lowest BCUT2D eigenvalue weighted by molar-refractivity contribution is -0.121. The number of nitrogens with one attached hydrogen (secondary N) is 1. The van der Waals surface area contributed by atoms with E-state index in [0.717, 1.165) is 21.4 Å². The van der Waals surface area contributed by atoms with Crippen LogP contribution in [0.1, 0.15) is 11.1 Å². The van der Waals surface area contributed by atoms with Crippen LogP contribution in [0.25, 0.3) is 22.5 Å². The third-order valence-electron chi connectivity index (χ3n) is 5.48. The number of nitrogens with zero attached hydrogens (tertiary/aromatic N) is 4. The lowest BCUT2D eigenvalue weighted by Crippen LogP contribution is -2.36. The van der Waals surface area contributed by atoms with Gasteiger partial charge in [0.2, 0.25) is 5.91 Å². The van der Waals surface area contributed by atoms with Crippen molar-refractivity contribution >= 4 is 5.91 Å². The number of benzene rings is 2. The molecule has 0 radical (unpaired) electrons. The lowest BCUT2D eigenvalue weighted by atomic mass is 10.0. The smallest absolute Gasteiger partial charge is 0.267 e. The van der Waals surface area contributed by atoms with Gasteiger partial charge in [-0.15, -0.1) is 0 Å². The van der Waals surface area contributed by atoms with Gasteiger partial charge in [0.25, 0.3) is 11.1 Å². The Morgan fingerprint density at radius 2 is 1.51 bits per heavy atom. The van der Waals surface area contributed by atoms with E-state index in [-0.39, 0.29) is 36.6 Å². The number of hydrogen-bond donors (Lipinski definition) is 1. The van der Waals surface area contributed by atoms with Crippen LogP contribution in [0.5, 0.6) is 0 Å². The van der Waals surface area contributed by atoms with Gasteiger partial charge in [-0.3, -0.25) is 14.4 Å². The largest absolute Gasteiger partial charge is 0.353 e. The standard InChI is InChI=1S/C26H24FN5O3/c1-17-3-4-18(2)21(15-17)23-10-12-26(35)32(30-23)16-24(33)28-13-14-31-25(34)11-9-22(29-31)19-5-7-20(27)8-6-19/h3-12,15H,13-14,16H2,1-2H3,(H,28,33). The minimum atomic E-state index is -0.416. The molecule has 4 aromatic rings. The fraction of sp³-hybridized carbons (Fsp3) is 0.192. The second kappa shape index (κ2) is 10.3. The highest BCUT2D eigenvalue weighted by Gasteiger charge is 2.10. The SMILES string of the molecule is Cc1ccc(C)c(-c2ccc(=O)n(CC(=O)NCCn3nc(-c4ccc(F)cc4)ccc3=O)n2)c1. The molecule has 9 heteroatoms. The molecule has 0 aliphatic carbocycles. The van der Waals surface area contributed by atoms with Gasteiger partial charge < -0.3 is 5.32 Å². The second-order valence-electron chi connectivity index (χ2n) is 8.17. The summed E-state index contributed by atoms with van der Waals surface area (Å²) < 4.78 is 15.5. The van der Waals surface area contributed by atoms with Gasteiger partial charge in [-0.1, -0.05) is 17.7 Å². The Labute approximate surface area is 200 Å². The minimum absolute atomic E-state index is 0.129. The Kier molecular flexibility index (Phi) is 6.96. The van der Waals surface area contributed by atoms with Crippen molar-refractivity contribution in [2.24, 2.45) is 0 Å². The lowest BCUT2D eigenvalue weighted by Gasteiger charge is -2.11. The molecule has 2 aromatic carbocycles. The predicted molar refractivity (Wildman–Crippen MR) is 130 cm³/mol. The number of aromatic nitrogens is 4. The van der Waals surface area contributed by atoms with Gasteiger partial charge in [-0.05, 0) is 61.9 Å². The number of carbonyl (C=O) groups excluding carboxylic acids is 1. The van der Waals surface area contributed by atoms with E-state index in [4.69, 9.17) is 0 Å². The Balaban J connectivity index is 1.42. The predicted octanol–water partition coefficient (Wildman–Crippen LogP) is 2.71. The van der Waals surface area contributed by atoms with Crippen molar-refractivity contribution in [2.75, 3.05) is 6.54 Å². The first-order chi connectivity index (χ1) is 16.8. The van der Waals surface area contributed by atoms with Gasteiger partial charge in [0, 0.05) is 29.8 Å². The molecule has 178 valence electrons. The van der Waals surface area contributed by atoms with E-state index in [1.807, 2.05) is 32.0 Å². The fourth-order valence-electron chi connectivity index (χ4n) is 3.59. The topological polar surface area (TPSA) is 98.9 Å². The van der Waals surface area contributed by atoms with Crippen LogP contribution in [0.15, 0.2) is 76.3 Å². The third kappa shape index (κ3) is 5.75. The molecule has 0 atom stereocenters. The molecule has 1 amide bonds.